The SMILES string of the molecule is CC.CCC.CNCC(=O)N1CCCC1c1ncc(C)[nH]1. The lowest BCUT2D eigenvalue weighted by atomic mass is 10.2. The first-order chi connectivity index (χ1) is 10.1. The van der Waals surface area contributed by atoms with Crippen LogP contribution >= 0.6 is 0 Å². The third kappa shape index (κ3) is 6.29. The zero-order valence-electron chi connectivity index (χ0n) is 14.5. The maximum absolute atomic E-state index is 11.9. The number of amides is 1. The lowest BCUT2D eigenvalue weighted by molar-refractivity contribution is -0.131. The summed E-state index contributed by atoms with van der Waals surface area (Å²) in [6.07, 6.45) is 5.12. The predicted molar refractivity (Wildman–Crippen MR) is 88.3 cm³/mol. The van der Waals surface area contributed by atoms with Crippen LogP contribution in [0.1, 0.15) is 64.5 Å². The van der Waals surface area contributed by atoms with Gasteiger partial charge in [0.2, 0.25) is 5.91 Å². The Morgan fingerprint density at radius 1 is 1.48 bits per heavy atom. The fraction of sp³-hybridized carbons (Fsp3) is 0.750. The summed E-state index contributed by atoms with van der Waals surface area (Å²) in [5, 5.41) is 2.90. The van der Waals surface area contributed by atoms with E-state index in [0.717, 1.165) is 30.9 Å². The summed E-state index contributed by atoms with van der Waals surface area (Å²) in [6.45, 7) is 11.5. The van der Waals surface area contributed by atoms with Crippen LogP contribution in [0.3, 0.4) is 0 Å². The Morgan fingerprint density at radius 2 is 2.10 bits per heavy atom. The van der Waals surface area contributed by atoms with E-state index in [1.165, 1.54) is 6.42 Å². The number of aryl methyl sites for hydroxylation is 1. The zero-order valence-corrected chi connectivity index (χ0v) is 14.5. The molecule has 5 heteroatoms. The van der Waals surface area contributed by atoms with Crippen molar-refractivity contribution in [3.63, 3.8) is 0 Å². The van der Waals surface area contributed by atoms with Gasteiger partial charge in [0, 0.05) is 18.4 Å². The van der Waals surface area contributed by atoms with Crippen LogP contribution in [-0.4, -0.2) is 40.9 Å². The van der Waals surface area contributed by atoms with Gasteiger partial charge in [0.25, 0.3) is 0 Å². The van der Waals surface area contributed by atoms with Gasteiger partial charge in [0.1, 0.15) is 5.82 Å². The van der Waals surface area contributed by atoms with Crippen molar-refractivity contribution < 1.29 is 4.79 Å². The van der Waals surface area contributed by atoms with E-state index in [1.54, 1.807) is 7.05 Å². The zero-order chi connectivity index (χ0) is 16.3. The lowest BCUT2D eigenvalue weighted by Crippen LogP contribution is -2.37. The highest BCUT2D eigenvalue weighted by molar-refractivity contribution is 5.78. The molecule has 0 bridgehead atoms. The van der Waals surface area contributed by atoms with Gasteiger partial charge in [-0.15, -0.1) is 0 Å². The van der Waals surface area contributed by atoms with Crippen molar-refractivity contribution in [1.29, 1.82) is 0 Å². The first kappa shape index (κ1) is 19.6. The summed E-state index contributed by atoms with van der Waals surface area (Å²) in [4.78, 5) is 21.3. The Labute approximate surface area is 129 Å². The number of carbonyl (C=O) groups is 1. The molecule has 1 aliphatic heterocycles. The number of aromatic nitrogens is 2. The molecule has 1 aromatic rings. The van der Waals surface area contributed by atoms with Gasteiger partial charge in [-0.05, 0) is 26.8 Å². The van der Waals surface area contributed by atoms with Gasteiger partial charge in [0.05, 0.1) is 12.6 Å². The summed E-state index contributed by atoms with van der Waals surface area (Å²) in [6, 6.07) is 0.134. The van der Waals surface area contributed by atoms with Gasteiger partial charge in [-0.25, -0.2) is 4.98 Å². The summed E-state index contributed by atoms with van der Waals surface area (Å²) in [7, 11) is 1.79. The van der Waals surface area contributed by atoms with E-state index in [2.05, 4.69) is 29.1 Å². The third-order valence-electron chi connectivity index (χ3n) is 2.94. The normalized spacial score (nSPS) is 16.7. The fourth-order valence-corrected chi connectivity index (χ4v) is 2.20. The second-order valence-corrected chi connectivity index (χ2v) is 4.93. The van der Waals surface area contributed by atoms with Gasteiger partial charge >= 0.3 is 0 Å². The average molecular weight is 296 g/mol. The average Bonchev–Trinajstić information content (AvgIpc) is 3.10. The molecule has 1 aliphatic rings. The van der Waals surface area contributed by atoms with Crippen molar-refractivity contribution in [3.05, 3.63) is 17.7 Å². The van der Waals surface area contributed by atoms with Crippen molar-refractivity contribution in [2.75, 3.05) is 20.1 Å². The number of rotatable bonds is 3. The number of likely N-dealkylation sites (N-methyl/N-ethyl adjacent to an activating group) is 1. The highest BCUT2D eigenvalue weighted by Gasteiger charge is 2.31. The molecular formula is C16H32N4O. The predicted octanol–water partition coefficient (Wildman–Crippen LogP) is 3.04. The van der Waals surface area contributed by atoms with Gasteiger partial charge < -0.3 is 15.2 Å². The van der Waals surface area contributed by atoms with Crippen molar-refractivity contribution in [3.8, 4) is 0 Å². The van der Waals surface area contributed by atoms with E-state index in [-0.39, 0.29) is 11.9 Å². The molecule has 1 fully saturated rings. The number of carbonyl (C=O) groups excluding carboxylic acids is 1. The summed E-state index contributed by atoms with van der Waals surface area (Å²) < 4.78 is 0. The van der Waals surface area contributed by atoms with Crippen molar-refractivity contribution in [2.45, 2.75) is 59.9 Å². The van der Waals surface area contributed by atoms with Crippen molar-refractivity contribution in [2.24, 2.45) is 0 Å². The quantitative estimate of drug-likeness (QED) is 0.901. The summed E-state index contributed by atoms with van der Waals surface area (Å²) in [5.41, 5.74) is 1.04. The highest BCUT2D eigenvalue weighted by Crippen LogP contribution is 2.29. The summed E-state index contributed by atoms with van der Waals surface area (Å²) in [5.74, 6) is 1.07. The molecule has 2 rings (SSSR count). The first-order valence-electron chi connectivity index (χ1n) is 8.09. The first-order valence-corrected chi connectivity index (χ1v) is 8.09. The number of hydrogen-bond acceptors (Lipinski definition) is 3. The molecule has 21 heavy (non-hydrogen) atoms. The van der Waals surface area contributed by atoms with Gasteiger partial charge in [-0.2, -0.15) is 0 Å². The molecule has 1 unspecified atom stereocenters. The van der Waals surface area contributed by atoms with Crippen LogP contribution in [-0.2, 0) is 4.79 Å². The molecule has 122 valence electrons. The Hall–Kier alpha value is -1.36. The summed E-state index contributed by atoms with van der Waals surface area (Å²) >= 11 is 0. The molecule has 1 saturated heterocycles. The van der Waals surface area contributed by atoms with Gasteiger partial charge in [-0.1, -0.05) is 34.1 Å². The van der Waals surface area contributed by atoms with Crippen LogP contribution < -0.4 is 5.32 Å². The number of hydrogen-bond donors (Lipinski definition) is 2. The van der Waals surface area contributed by atoms with E-state index in [9.17, 15) is 4.79 Å². The number of nitrogens with zero attached hydrogens (tertiary/aromatic N) is 2. The molecular weight excluding hydrogens is 264 g/mol. The van der Waals surface area contributed by atoms with E-state index in [1.807, 2.05) is 31.9 Å². The third-order valence-corrected chi connectivity index (χ3v) is 2.94. The second kappa shape index (κ2) is 11.3. The molecule has 1 atom stereocenters. The fourth-order valence-electron chi connectivity index (χ4n) is 2.20. The number of nitrogens with one attached hydrogen (secondary N) is 2. The van der Waals surface area contributed by atoms with Crippen LogP contribution in [0.5, 0.6) is 0 Å². The van der Waals surface area contributed by atoms with E-state index >= 15 is 0 Å². The van der Waals surface area contributed by atoms with Crippen molar-refractivity contribution in [1.82, 2.24) is 20.2 Å². The van der Waals surface area contributed by atoms with Crippen LogP contribution in [0.2, 0.25) is 0 Å². The molecule has 0 radical (unpaired) electrons. The lowest BCUT2D eigenvalue weighted by Gasteiger charge is -2.23. The maximum atomic E-state index is 11.9. The largest absolute Gasteiger partial charge is 0.344 e. The molecule has 1 amide bonds. The van der Waals surface area contributed by atoms with Crippen LogP contribution in [0.15, 0.2) is 6.20 Å². The molecule has 2 N–H and O–H groups in total. The molecule has 5 nitrogen and oxygen atoms in total. The Balaban J connectivity index is 0.000000713. The number of H-pyrrole nitrogens is 1. The maximum Gasteiger partial charge on any atom is 0.237 e. The number of imidazole rings is 1. The Kier molecular flexibility index (Phi) is 10.6. The van der Waals surface area contributed by atoms with Crippen molar-refractivity contribution >= 4 is 5.91 Å². The molecule has 0 aromatic carbocycles. The van der Waals surface area contributed by atoms with E-state index < -0.39 is 0 Å². The van der Waals surface area contributed by atoms with Crippen LogP contribution in [0.4, 0.5) is 0 Å². The smallest absolute Gasteiger partial charge is 0.237 e. The van der Waals surface area contributed by atoms with Crippen LogP contribution in [0, 0.1) is 6.92 Å². The second-order valence-electron chi connectivity index (χ2n) is 4.93. The molecule has 0 spiro atoms. The number of aromatic amines is 1. The minimum Gasteiger partial charge on any atom is -0.344 e. The Morgan fingerprint density at radius 3 is 2.57 bits per heavy atom. The topological polar surface area (TPSA) is 61.0 Å². The highest BCUT2D eigenvalue weighted by atomic mass is 16.2. The number of likely N-dealkylation sites (tertiary alicyclic amines) is 1. The van der Waals surface area contributed by atoms with E-state index in [4.69, 9.17) is 0 Å². The molecule has 0 saturated carbocycles. The minimum atomic E-state index is 0.134. The van der Waals surface area contributed by atoms with Gasteiger partial charge in [0.15, 0.2) is 0 Å². The Bertz CT molecular complexity index is 389. The minimum absolute atomic E-state index is 0.134. The van der Waals surface area contributed by atoms with E-state index in [0.29, 0.717) is 6.54 Å². The van der Waals surface area contributed by atoms with Crippen LogP contribution in [0.25, 0.3) is 0 Å². The monoisotopic (exact) mass is 296 g/mol. The molecule has 1 aromatic heterocycles. The molecule has 2 heterocycles. The molecule has 0 aliphatic carbocycles. The standard InChI is InChI=1S/C11H18N4O.C3H8.C2H6/c1-8-6-13-11(14-8)9-4-3-5-15(9)10(16)7-12-2;1-3-2;1-2/h6,9,12H,3-5,7H2,1-2H3,(H,13,14);3H2,1-2H3;1-2H3. The van der Waals surface area contributed by atoms with Gasteiger partial charge in [-0.3, -0.25) is 4.79 Å².